The standard InChI is InChI=1S/C16H20FN5O/c1-21-7-3-6-14(21)16(23)18-9-15-19-11-22(20-15)10-12-4-2-5-13(17)8-12/h2,4-5,8,11,14H,3,6-7,9-10H2,1H3,(H,18,23). The zero-order valence-electron chi connectivity index (χ0n) is 13.1. The Bertz CT molecular complexity index is 687. The van der Waals surface area contributed by atoms with Gasteiger partial charge >= 0.3 is 0 Å². The molecule has 0 saturated carbocycles. The maximum absolute atomic E-state index is 13.2. The van der Waals surface area contributed by atoms with Crippen molar-refractivity contribution in [3.63, 3.8) is 0 Å². The van der Waals surface area contributed by atoms with Crippen molar-refractivity contribution in [2.24, 2.45) is 0 Å². The normalized spacial score (nSPS) is 18.3. The number of likely N-dealkylation sites (tertiary alicyclic amines) is 1. The number of hydrogen-bond donors (Lipinski definition) is 1. The summed E-state index contributed by atoms with van der Waals surface area (Å²) in [6, 6.07) is 6.33. The molecule has 122 valence electrons. The number of nitrogens with zero attached hydrogens (tertiary/aromatic N) is 4. The highest BCUT2D eigenvalue weighted by Gasteiger charge is 2.27. The van der Waals surface area contributed by atoms with Crippen molar-refractivity contribution in [2.45, 2.75) is 32.0 Å². The van der Waals surface area contributed by atoms with Gasteiger partial charge in [0.25, 0.3) is 0 Å². The lowest BCUT2D eigenvalue weighted by Gasteiger charge is -2.17. The Kier molecular flexibility index (Phi) is 4.66. The Morgan fingerprint density at radius 1 is 1.48 bits per heavy atom. The van der Waals surface area contributed by atoms with Gasteiger partial charge in [-0.25, -0.2) is 14.1 Å². The quantitative estimate of drug-likeness (QED) is 0.899. The van der Waals surface area contributed by atoms with E-state index in [2.05, 4.69) is 20.3 Å². The molecular weight excluding hydrogens is 297 g/mol. The number of hydrogen-bond acceptors (Lipinski definition) is 4. The van der Waals surface area contributed by atoms with Gasteiger partial charge in [-0.1, -0.05) is 12.1 Å². The molecule has 1 aromatic heterocycles. The van der Waals surface area contributed by atoms with Gasteiger partial charge in [-0.3, -0.25) is 9.69 Å². The molecule has 1 aliphatic heterocycles. The summed E-state index contributed by atoms with van der Waals surface area (Å²) < 4.78 is 14.8. The van der Waals surface area contributed by atoms with Crippen LogP contribution >= 0.6 is 0 Å². The van der Waals surface area contributed by atoms with Gasteiger partial charge in [0.15, 0.2) is 5.82 Å². The summed E-state index contributed by atoms with van der Waals surface area (Å²) in [6.07, 6.45) is 3.53. The van der Waals surface area contributed by atoms with Crippen LogP contribution in [0, 0.1) is 5.82 Å². The zero-order valence-corrected chi connectivity index (χ0v) is 13.1. The number of carbonyl (C=O) groups excluding carboxylic acids is 1. The molecular formula is C16H20FN5O. The Balaban J connectivity index is 1.54. The van der Waals surface area contributed by atoms with Gasteiger partial charge in [0.1, 0.15) is 12.1 Å². The third-order valence-corrected chi connectivity index (χ3v) is 4.06. The van der Waals surface area contributed by atoms with Crippen LogP contribution in [0.3, 0.4) is 0 Å². The summed E-state index contributed by atoms with van der Waals surface area (Å²) in [5, 5.41) is 7.19. The minimum absolute atomic E-state index is 0.0199. The summed E-state index contributed by atoms with van der Waals surface area (Å²) in [5.74, 6) is 0.303. The van der Waals surface area contributed by atoms with Crippen molar-refractivity contribution in [3.05, 3.63) is 47.8 Å². The Hall–Kier alpha value is -2.28. The van der Waals surface area contributed by atoms with Crippen LogP contribution in [0.2, 0.25) is 0 Å². The second kappa shape index (κ2) is 6.87. The van der Waals surface area contributed by atoms with Gasteiger partial charge in [0, 0.05) is 0 Å². The predicted octanol–water partition coefficient (Wildman–Crippen LogP) is 1.18. The van der Waals surface area contributed by atoms with Crippen LogP contribution in [0.1, 0.15) is 24.2 Å². The van der Waals surface area contributed by atoms with E-state index in [0.29, 0.717) is 18.9 Å². The average Bonchev–Trinajstić information content (AvgIpc) is 3.14. The topological polar surface area (TPSA) is 63.1 Å². The van der Waals surface area contributed by atoms with Crippen LogP contribution < -0.4 is 5.32 Å². The Morgan fingerprint density at radius 3 is 3.09 bits per heavy atom. The lowest BCUT2D eigenvalue weighted by molar-refractivity contribution is -0.125. The van der Waals surface area contributed by atoms with Crippen molar-refractivity contribution in [1.82, 2.24) is 25.0 Å². The molecule has 0 bridgehead atoms. The molecule has 1 saturated heterocycles. The Labute approximate surface area is 134 Å². The van der Waals surface area contributed by atoms with Crippen LogP contribution in [0.25, 0.3) is 0 Å². The lowest BCUT2D eigenvalue weighted by atomic mass is 10.2. The second-order valence-corrected chi connectivity index (χ2v) is 5.84. The van der Waals surface area contributed by atoms with Crippen LogP contribution in [0.15, 0.2) is 30.6 Å². The van der Waals surface area contributed by atoms with E-state index < -0.39 is 0 Å². The predicted molar refractivity (Wildman–Crippen MR) is 83.0 cm³/mol. The Morgan fingerprint density at radius 2 is 2.35 bits per heavy atom. The van der Waals surface area contributed by atoms with Gasteiger partial charge in [-0.05, 0) is 44.1 Å². The fraction of sp³-hybridized carbons (Fsp3) is 0.438. The van der Waals surface area contributed by atoms with E-state index in [1.165, 1.54) is 12.1 Å². The molecule has 1 aliphatic rings. The van der Waals surface area contributed by atoms with Gasteiger partial charge in [0.2, 0.25) is 5.91 Å². The SMILES string of the molecule is CN1CCCC1C(=O)NCc1ncn(Cc2cccc(F)c2)n1. The van der Waals surface area contributed by atoms with Crippen molar-refractivity contribution < 1.29 is 9.18 Å². The summed E-state index contributed by atoms with van der Waals surface area (Å²) in [5.41, 5.74) is 0.818. The molecule has 3 rings (SSSR count). The number of nitrogens with one attached hydrogen (secondary N) is 1. The molecule has 1 fully saturated rings. The molecule has 1 unspecified atom stereocenters. The van der Waals surface area contributed by atoms with Crippen molar-refractivity contribution in [2.75, 3.05) is 13.6 Å². The molecule has 6 nitrogen and oxygen atoms in total. The van der Waals surface area contributed by atoms with Gasteiger partial charge in [-0.15, -0.1) is 0 Å². The number of rotatable bonds is 5. The van der Waals surface area contributed by atoms with E-state index in [9.17, 15) is 9.18 Å². The maximum atomic E-state index is 13.2. The monoisotopic (exact) mass is 317 g/mol. The molecule has 1 aromatic carbocycles. The van der Waals surface area contributed by atoms with Gasteiger partial charge < -0.3 is 5.32 Å². The number of carbonyl (C=O) groups is 1. The van der Waals surface area contributed by atoms with E-state index in [4.69, 9.17) is 0 Å². The van der Waals surface area contributed by atoms with Gasteiger partial charge in [-0.2, -0.15) is 5.10 Å². The van der Waals surface area contributed by atoms with E-state index >= 15 is 0 Å². The summed E-state index contributed by atoms with van der Waals surface area (Å²) in [6.45, 7) is 1.71. The van der Waals surface area contributed by atoms with E-state index in [0.717, 1.165) is 24.9 Å². The molecule has 1 N–H and O–H groups in total. The van der Waals surface area contributed by atoms with Crippen molar-refractivity contribution >= 4 is 5.91 Å². The fourth-order valence-corrected chi connectivity index (χ4v) is 2.84. The number of aromatic nitrogens is 3. The summed E-state index contributed by atoms with van der Waals surface area (Å²) in [7, 11) is 1.96. The third kappa shape index (κ3) is 3.92. The molecule has 2 aromatic rings. The highest BCUT2D eigenvalue weighted by atomic mass is 19.1. The van der Waals surface area contributed by atoms with Crippen molar-refractivity contribution in [3.8, 4) is 0 Å². The summed E-state index contributed by atoms with van der Waals surface area (Å²) >= 11 is 0. The molecule has 2 heterocycles. The van der Waals surface area contributed by atoms with Gasteiger partial charge in [0.05, 0.1) is 19.1 Å². The van der Waals surface area contributed by atoms with Crippen LogP contribution in [-0.2, 0) is 17.9 Å². The third-order valence-electron chi connectivity index (χ3n) is 4.06. The van der Waals surface area contributed by atoms with Crippen LogP contribution in [0.4, 0.5) is 4.39 Å². The first-order chi connectivity index (χ1) is 11.1. The molecule has 23 heavy (non-hydrogen) atoms. The molecule has 1 amide bonds. The number of benzene rings is 1. The largest absolute Gasteiger partial charge is 0.347 e. The summed E-state index contributed by atoms with van der Waals surface area (Å²) in [4.78, 5) is 18.4. The smallest absolute Gasteiger partial charge is 0.237 e. The first kappa shape index (κ1) is 15.6. The zero-order chi connectivity index (χ0) is 16.2. The molecule has 0 spiro atoms. The minimum atomic E-state index is -0.268. The number of halogens is 1. The van der Waals surface area contributed by atoms with E-state index in [1.807, 2.05) is 13.1 Å². The first-order valence-electron chi connectivity index (χ1n) is 7.72. The van der Waals surface area contributed by atoms with E-state index in [-0.39, 0.29) is 17.8 Å². The highest BCUT2D eigenvalue weighted by molar-refractivity contribution is 5.81. The average molecular weight is 317 g/mol. The van der Waals surface area contributed by atoms with Crippen LogP contribution in [-0.4, -0.2) is 45.2 Å². The van der Waals surface area contributed by atoms with E-state index in [1.54, 1.807) is 17.1 Å². The second-order valence-electron chi connectivity index (χ2n) is 5.84. The van der Waals surface area contributed by atoms with Crippen LogP contribution in [0.5, 0.6) is 0 Å². The maximum Gasteiger partial charge on any atom is 0.237 e. The molecule has 0 aliphatic carbocycles. The number of amides is 1. The molecule has 7 heteroatoms. The van der Waals surface area contributed by atoms with Crippen molar-refractivity contribution in [1.29, 1.82) is 0 Å². The first-order valence-corrected chi connectivity index (χ1v) is 7.72. The molecule has 0 radical (unpaired) electrons. The minimum Gasteiger partial charge on any atom is -0.347 e. The fourth-order valence-electron chi connectivity index (χ4n) is 2.84. The lowest BCUT2D eigenvalue weighted by Crippen LogP contribution is -2.41. The molecule has 1 atom stereocenters. The highest BCUT2D eigenvalue weighted by Crippen LogP contribution is 2.14. The number of likely N-dealkylation sites (N-methyl/N-ethyl adjacent to an activating group) is 1.